The first kappa shape index (κ1) is 14.4. The molecule has 2 bridgehead atoms. The Morgan fingerprint density at radius 1 is 1.19 bits per heavy atom. The van der Waals surface area contributed by atoms with E-state index in [0.29, 0.717) is 12.5 Å². The van der Waals surface area contributed by atoms with Crippen molar-refractivity contribution in [3.8, 4) is 0 Å². The molecule has 1 aromatic rings. The standard InChI is InChI=1S/C18H26N2O/c1-20(2)17-7-4-13(5-8-17)12-19-18(21)11-16-10-14-3-6-15(16)9-14/h4-5,7-8,14-16H,3,6,9-12H2,1-2H3,(H,19,21)/t14-,15+,16-/m0/s1. The third-order valence-corrected chi connectivity index (χ3v) is 5.27. The van der Waals surface area contributed by atoms with E-state index in [-0.39, 0.29) is 5.91 Å². The van der Waals surface area contributed by atoms with Crippen LogP contribution in [0.15, 0.2) is 24.3 Å². The van der Waals surface area contributed by atoms with Gasteiger partial charge >= 0.3 is 0 Å². The Morgan fingerprint density at radius 3 is 2.52 bits per heavy atom. The van der Waals surface area contributed by atoms with Crippen LogP contribution in [-0.2, 0) is 11.3 Å². The van der Waals surface area contributed by atoms with Crippen LogP contribution in [0.25, 0.3) is 0 Å². The molecule has 0 saturated heterocycles. The van der Waals surface area contributed by atoms with Gasteiger partial charge in [0.25, 0.3) is 0 Å². The van der Waals surface area contributed by atoms with Gasteiger partial charge in [-0.15, -0.1) is 0 Å². The molecule has 0 aromatic heterocycles. The number of rotatable bonds is 5. The highest BCUT2D eigenvalue weighted by Gasteiger charge is 2.39. The van der Waals surface area contributed by atoms with Gasteiger partial charge in [0.05, 0.1) is 0 Å². The second kappa shape index (κ2) is 6.08. The summed E-state index contributed by atoms with van der Waals surface area (Å²) >= 11 is 0. The minimum Gasteiger partial charge on any atom is -0.378 e. The largest absolute Gasteiger partial charge is 0.378 e. The van der Waals surface area contributed by atoms with Crippen LogP contribution >= 0.6 is 0 Å². The van der Waals surface area contributed by atoms with Gasteiger partial charge in [0.1, 0.15) is 0 Å². The Bertz CT molecular complexity index is 494. The SMILES string of the molecule is CN(C)c1ccc(CNC(=O)C[C@@H]2C[C@H]3CC[C@@H]2C3)cc1. The fourth-order valence-corrected chi connectivity index (χ4v) is 4.05. The van der Waals surface area contributed by atoms with Gasteiger partial charge in [-0.3, -0.25) is 4.79 Å². The summed E-state index contributed by atoms with van der Waals surface area (Å²) < 4.78 is 0. The molecule has 1 N–H and O–H groups in total. The van der Waals surface area contributed by atoms with Gasteiger partial charge in [0.2, 0.25) is 5.91 Å². The Hall–Kier alpha value is -1.51. The molecule has 2 fully saturated rings. The zero-order valence-corrected chi connectivity index (χ0v) is 13.1. The number of carbonyl (C=O) groups is 1. The van der Waals surface area contributed by atoms with Gasteiger partial charge in [-0.25, -0.2) is 0 Å². The third-order valence-electron chi connectivity index (χ3n) is 5.27. The molecule has 0 unspecified atom stereocenters. The van der Waals surface area contributed by atoms with Crippen molar-refractivity contribution in [2.75, 3.05) is 19.0 Å². The van der Waals surface area contributed by atoms with Crippen molar-refractivity contribution in [3.05, 3.63) is 29.8 Å². The number of nitrogens with one attached hydrogen (secondary N) is 1. The molecule has 21 heavy (non-hydrogen) atoms. The number of hydrogen-bond acceptors (Lipinski definition) is 2. The minimum absolute atomic E-state index is 0.226. The summed E-state index contributed by atoms with van der Waals surface area (Å²) in [6, 6.07) is 8.37. The molecule has 0 spiro atoms. The fourth-order valence-electron chi connectivity index (χ4n) is 4.05. The molecule has 3 nitrogen and oxygen atoms in total. The highest BCUT2D eigenvalue weighted by atomic mass is 16.1. The van der Waals surface area contributed by atoms with E-state index in [9.17, 15) is 4.79 Å². The van der Waals surface area contributed by atoms with E-state index in [2.05, 4.69) is 34.5 Å². The van der Waals surface area contributed by atoms with E-state index in [1.807, 2.05) is 14.1 Å². The molecular weight excluding hydrogens is 260 g/mol. The van der Waals surface area contributed by atoms with Crippen LogP contribution in [0.3, 0.4) is 0 Å². The molecule has 3 atom stereocenters. The Labute approximate surface area is 127 Å². The third kappa shape index (κ3) is 3.39. The molecule has 1 aromatic carbocycles. The van der Waals surface area contributed by atoms with E-state index in [1.54, 1.807) is 0 Å². The van der Waals surface area contributed by atoms with Gasteiger partial charge in [-0.05, 0) is 54.7 Å². The van der Waals surface area contributed by atoms with Gasteiger partial charge in [-0.1, -0.05) is 18.6 Å². The smallest absolute Gasteiger partial charge is 0.220 e. The average molecular weight is 286 g/mol. The monoisotopic (exact) mass is 286 g/mol. The van der Waals surface area contributed by atoms with E-state index in [4.69, 9.17) is 0 Å². The van der Waals surface area contributed by atoms with Crippen LogP contribution in [0.1, 0.15) is 37.7 Å². The second-order valence-electron chi connectivity index (χ2n) is 6.98. The Morgan fingerprint density at radius 2 is 1.95 bits per heavy atom. The molecule has 114 valence electrons. The Balaban J connectivity index is 1.45. The topological polar surface area (TPSA) is 32.3 Å². The highest BCUT2D eigenvalue weighted by Crippen LogP contribution is 2.49. The van der Waals surface area contributed by atoms with Crippen LogP contribution in [0.2, 0.25) is 0 Å². The van der Waals surface area contributed by atoms with E-state index >= 15 is 0 Å². The summed E-state index contributed by atoms with van der Waals surface area (Å²) in [4.78, 5) is 14.2. The molecule has 2 aliphatic rings. The van der Waals surface area contributed by atoms with Gasteiger partial charge in [-0.2, -0.15) is 0 Å². The van der Waals surface area contributed by atoms with Gasteiger partial charge in [0, 0.05) is 32.7 Å². The lowest BCUT2D eigenvalue weighted by Gasteiger charge is -2.21. The van der Waals surface area contributed by atoms with Crippen LogP contribution in [0.5, 0.6) is 0 Å². The van der Waals surface area contributed by atoms with E-state index < -0.39 is 0 Å². The summed E-state index contributed by atoms with van der Waals surface area (Å²) in [5.74, 6) is 2.63. The first-order valence-electron chi connectivity index (χ1n) is 8.15. The van der Waals surface area contributed by atoms with Gasteiger partial charge < -0.3 is 10.2 Å². The predicted molar refractivity (Wildman–Crippen MR) is 86.2 cm³/mol. The maximum absolute atomic E-state index is 12.1. The number of anilines is 1. The van der Waals surface area contributed by atoms with Gasteiger partial charge in [0.15, 0.2) is 0 Å². The van der Waals surface area contributed by atoms with E-state index in [1.165, 1.54) is 36.9 Å². The predicted octanol–water partition coefficient (Wildman–Crippen LogP) is 3.20. The molecule has 1 amide bonds. The summed E-state index contributed by atoms with van der Waals surface area (Å²) in [5.41, 5.74) is 2.36. The molecule has 3 heteroatoms. The molecule has 2 saturated carbocycles. The molecule has 3 rings (SSSR count). The lowest BCUT2D eigenvalue weighted by Crippen LogP contribution is -2.26. The van der Waals surface area contributed by atoms with Crippen LogP contribution in [0, 0.1) is 17.8 Å². The van der Waals surface area contributed by atoms with Crippen LogP contribution in [-0.4, -0.2) is 20.0 Å². The number of carbonyl (C=O) groups excluding carboxylic acids is 1. The van der Waals surface area contributed by atoms with Crippen LogP contribution in [0.4, 0.5) is 5.69 Å². The molecule has 0 heterocycles. The lowest BCUT2D eigenvalue weighted by molar-refractivity contribution is -0.122. The number of benzene rings is 1. The second-order valence-corrected chi connectivity index (χ2v) is 6.98. The highest BCUT2D eigenvalue weighted by molar-refractivity contribution is 5.76. The van der Waals surface area contributed by atoms with Crippen molar-refractivity contribution < 1.29 is 4.79 Å². The normalized spacial score (nSPS) is 26.9. The average Bonchev–Trinajstić information content (AvgIpc) is 3.08. The number of fused-ring (bicyclic) bond motifs is 2. The molecule has 2 aliphatic carbocycles. The zero-order chi connectivity index (χ0) is 14.8. The fraction of sp³-hybridized carbons (Fsp3) is 0.611. The van der Waals surface area contributed by atoms with Crippen molar-refractivity contribution in [1.29, 1.82) is 0 Å². The number of hydrogen-bond donors (Lipinski definition) is 1. The quantitative estimate of drug-likeness (QED) is 0.901. The zero-order valence-electron chi connectivity index (χ0n) is 13.1. The molecular formula is C18H26N2O. The Kier molecular flexibility index (Phi) is 4.18. The van der Waals surface area contributed by atoms with Crippen molar-refractivity contribution in [2.45, 2.75) is 38.6 Å². The van der Waals surface area contributed by atoms with Crippen molar-refractivity contribution in [1.82, 2.24) is 5.32 Å². The van der Waals surface area contributed by atoms with Crippen molar-refractivity contribution >= 4 is 11.6 Å². The number of nitrogens with zero attached hydrogens (tertiary/aromatic N) is 1. The molecule has 0 radical (unpaired) electrons. The first-order chi connectivity index (χ1) is 10.1. The molecule has 0 aliphatic heterocycles. The minimum atomic E-state index is 0.226. The lowest BCUT2D eigenvalue weighted by atomic mass is 9.86. The van der Waals surface area contributed by atoms with Crippen molar-refractivity contribution in [3.63, 3.8) is 0 Å². The maximum atomic E-state index is 12.1. The number of amides is 1. The van der Waals surface area contributed by atoms with Crippen molar-refractivity contribution in [2.24, 2.45) is 17.8 Å². The van der Waals surface area contributed by atoms with Crippen LogP contribution < -0.4 is 10.2 Å². The summed E-state index contributed by atoms with van der Waals surface area (Å²) in [7, 11) is 4.07. The maximum Gasteiger partial charge on any atom is 0.220 e. The summed E-state index contributed by atoms with van der Waals surface area (Å²) in [6.07, 6.45) is 6.16. The van der Waals surface area contributed by atoms with E-state index in [0.717, 1.165) is 18.3 Å². The first-order valence-corrected chi connectivity index (χ1v) is 8.15. The summed E-state index contributed by atoms with van der Waals surface area (Å²) in [6.45, 7) is 0.646. The summed E-state index contributed by atoms with van der Waals surface area (Å²) in [5, 5.41) is 3.08.